The normalized spacial score (nSPS) is 17.8. The van der Waals surface area contributed by atoms with Crippen molar-refractivity contribution in [1.82, 2.24) is 9.21 Å². The highest BCUT2D eigenvalue weighted by Crippen LogP contribution is 2.24. The molecule has 1 aliphatic rings. The highest BCUT2D eigenvalue weighted by atomic mass is 79.9. The summed E-state index contributed by atoms with van der Waals surface area (Å²) in [5.41, 5.74) is -0.0525. The maximum Gasteiger partial charge on any atom is 0.336 e. The number of sulfonamides is 1. The number of rotatable bonds is 4. The highest BCUT2D eigenvalue weighted by molar-refractivity contribution is 9.10. The molecule has 1 heterocycles. The molecule has 0 aliphatic carbocycles. The molecular weight excluding hydrogens is 360 g/mol. The van der Waals surface area contributed by atoms with Crippen LogP contribution in [0.5, 0.6) is 0 Å². The molecule has 1 N–H and O–H groups in total. The summed E-state index contributed by atoms with van der Waals surface area (Å²) in [5.74, 6) is -1.16. The summed E-state index contributed by atoms with van der Waals surface area (Å²) in [6.07, 6.45) is 0. The lowest BCUT2D eigenvalue weighted by atomic mass is 10.2. The molecule has 0 saturated carbocycles. The van der Waals surface area contributed by atoms with Gasteiger partial charge in [-0.2, -0.15) is 4.31 Å². The summed E-state index contributed by atoms with van der Waals surface area (Å²) in [6, 6.07) is 4.09. The Morgan fingerprint density at radius 2 is 1.90 bits per heavy atom. The highest BCUT2D eigenvalue weighted by Gasteiger charge is 2.28. The van der Waals surface area contributed by atoms with Crippen molar-refractivity contribution in [3.8, 4) is 0 Å². The van der Waals surface area contributed by atoms with Gasteiger partial charge in [0.1, 0.15) is 0 Å². The van der Waals surface area contributed by atoms with Crippen molar-refractivity contribution in [1.29, 1.82) is 0 Å². The molecule has 1 fully saturated rings. The van der Waals surface area contributed by atoms with Gasteiger partial charge in [0.05, 0.1) is 10.5 Å². The predicted octanol–water partition coefficient (Wildman–Crippen LogP) is 1.47. The molecule has 0 amide bonds. The molecule has 0 aromatic heterocycles. The molecule has 2 rings (SSSR count). The maximum atomic E-state index is 12.6. The van der Waals surface area contributed by atoms with Crippen LogP contribution in [-0.2, 0) is 10.0 Å². The van der Waals surface area contributed by atoms with Gasteiger partial charge in [0.2, 0.25) is 10.0 Å². The van der Waals surface area contributed by atoms with Crippen molar-refractivity contribution >= 4 is 31.9 Å². The van der Waals surface area contributed by atoms with Crippen molar-refractivity contribution < 1.29 is 18.3 Å². The van der Waals surface area contributed by atoms with Crippen LogP contribution in [0.25, 0.3) is 0 Å². The zero-order chi connectivity index (χ0) is 15.6. The topological polar surface area (TPSA) is 77.9 Å². The third-order valence-electron chi connectivity index (χ3n) is 3.58. The number of nitrogens with zero attached hydrogens (tertiary/aromatic N) is 2. The molecule has 1 aliphatic heterocycles. The number of likely N-dealkylation sites (N-methyl/N-ethyl adjacent to an activating group) is 1. The van der Waals surface area contributed by atoms with E-state index in [1.165, 1.54) is 22.5 Å². The third-order valence-corrected chi connectivity index (χ3v) is 6.17. The van der Waals surface area contributed by atoms with Crippen LogP contribution in [0.2, 0.25) is 0 Å². The summed E-state index contributed by atoms with van der Waals surface area (Å²) >= 11 is 3.12. The summed E-state index contributed by atoms with van der Waals surface area (Å²) < 4.78 is 26.9. The number of carboxylic acid groups (broad SMARTS) is 1. The van der Waals surface area contributed by atoms with E-state index >= 15 is 0 Å². The summed E-state index contributed by atoms with van der Waals surface area (Å²) in [7, 11) is -3.64. The fourth-order valence-corrected chi connectivity index (χ4v) is 4.13. The Kier molecular flexibility index (Phi) is 5.03. The summed E-state index contributed by atoms with van der Waals surface area (Å²) in [5, 5.41) is 9.09. The Balaban J connectivity index is 2.28. The van der Waals surface area contributed by atoms with Crippen molar-refractivity contribution in [3.63, 3.8) is 0 Å². The van der Waals surface area contributed by atoms with E-state index in [0.29, 0.717) is 30.7 Å². The summed E-state index contributed by atoms with van der Waals surface area (Å²) in [6.45, 7) is 5.17. The zero-order valence-corrected chi connectivity index (χ0v) is 14.0. The lowest BCUT2D eigenvalue weighted by Gasteiger charge is -2.33. The number of piperazine rings is 1. The lowest BCUT2D eigenvalue weighted by Crippen LogP contribution is -2.48. The van der Waals surface area contributed by atoms with E-state index in [9.17, 15) is 13.2 Å². The fraction of sp³-hybridized carbons (Fsp3) is 0.462. The van der Waals surface area contributed by atoms with Crippen LogP contribution in [0.3, 0.4) is 0 Å². The van der Waals surface area contributed by atoms with E-state index in [1.54, 1.807) is 0 Å². The SMILES string of the molecule is CCN1CCN(S(=O)(=O)c2ccc(Br)c(C(=O)O)c2)CC1. The Labute approximate surface area is 132 Å². The molecule has 1 aromatic rings. The fourth-order valence-electron chi connectivity index (χ4n) is 2.26. The standard InChI is InChI=1S/C13H17BrN2O4S/c1-2-15-5-7-16(8-6-15)21(19,20)10-3-4-12(14)11(9-10)13(17)18/h3-4,9H,2,5-8H2,1H3,(H,17,18). The van der Waals surface area contributed by atoms with Gasteiger partial charge in [-0.15, -0.1) is 0 Å². The third kappa shape index (κ3) is 3.45. The molecule has 0 unspecified atom stereocenters. The van der Waals surface area contributed by atoms with Crippen molar-refractivity contribution in [2.24, 2.45) is 0 Å². The molecule has 6 nitrogen and oxygen atoms in total. The Morgan fingerprint density at radius 1 is 1.29 bits per heavy atom. The van der Waals surface area contributed by atoms with Crippen molar-refractivity contribution in [2.75, 3.05) is 32.7 Å². The second kappa shape index (κ2) is 6.43. The second-order valence-corrected chi connectivity index (χ2v) is 7.58. The van der Waals surface area contributed by atoms with E-state index < -0.39 is 16.0 Å². The zero-order valence-electron chi connectivity index (χ0n) is 11.6. The average Bonchev–Trinajstić information content (AvgIpc) is 2.47. The Morgan fingerprint density at radius 3 is 2.43 bits per heavy atom. The number of hydrogen-bond donors (Lipinski definition) is 1. The maximum absolute atomic E-state index is 12.6. The number of aromatic carboxylic acids is 1. The van der Waals surface area contributed by atoms with Gasteiger partial charge >= 0.3 is 5.97 Å². The smallest absolute Gasteiger partial charge is 0.336 e. The molecule has 1 saturated heterocycles. The van der Waals surface area contributed by atoms with E-state index in [1.807, 2.05) is 6.92 Å². The van der Waals surface area contributed by atoms with Gasteiger partial charge in [-0.3, -0.25) is 0 Å². The molecule has 0 spiro atoms. The van der Waals surface area contributed by atoms with Crippen LogP contribution < -0.4 is 0 Å². The van der Waals surface area contributed by atoms with Gasteiger partial charge in [-0.25, -0.2) is 13.2 Å². The average molecular weight is 377 g/mol. The van der Waals surface area contributed by atoms with Crippen molar-refractivity contribution in [3.05, 3.63) is 28.2 Å². The molecule has 116 valence electrons. The molecule has 0 radical (unpaired) electrons. The first-order chi connectivity index (χ1) is 9.86. The Bertz CT molecular complexity index is 640. The van der Waals surface area contributed by atoms with Gasteiger partial charge in [0.25, 0.3) is 0 Å². The van der Waals surface area contributed by atoms with E-state index in [-0.39, 0.29) is 10.5 Å². The number of halogens is 1. The van der Waals surface area contributed by atoms with Crippen LogP contribution >= 0.6 is 15.9 Å². The molecule has 8 heteroatoms. The van der Waals surface area contributed by atoms with Gasteiger partial charge in [0, 0.05) is 30.7 Å². The van der Waals surface area contributed by atoms with Gasteiger partial charge < -0.3 is 10.0 Å². The Hall–Kier alpha value is -0.960. The largest absolute Gasteiger partial charge is 0.478 e. The van der Waals surface area contributed by atoms with Crippen LogP contribution in [-0.4, -0.2) is 61.4 Å². The summed E-state index contributed by atoms with van der Waals surface area (Å²) in [4.78, 5) is 13.3. The molecule has 0 bridgehead atoms. The van der Waals surface area contributed by atoms with E-state index in [0.717, 1.165) is 6.54 Å². The predicted molar refractivity (Wildman–Crippen MR) is 82.0 cm³/mol. The second-order valence-electron chi connectivity index (χ2n) is 4.79. The lowest BCUT2D eigenvalue weighted by molar-refractivity contribution is 0.0695. The van der Waals surface area contributed by atoms with Crippen LogP contribution in [0.4, 0.5) is 0 Å². The first kappa shape index (κ1) is 16.4. The first-order valence-electron chi connectivity index (χ1n) is 6.61. The number of hydrogen-bond acceptors (Lipinski definition) is 4. The number of benzene rings is 1. The molecule has 0 atom stereocenters. The molecular formula is C13H17BrN2O4S. The van der Waals surface area contributed by atoms with Crippen molar-refractivity contribution in [2.45, 2.75) is 11.8 Å². The minimum Gasteiger partial charge on any atom is -0.478 e. The van der Waals surface area contributed by atoms with E-state index in [4.69, 9.17) is 5.11 Å². The molecule has 21 heavy (non-hydrogen) atoms. The van der Waals surface area contributed by atoms with Gasteiger partial charge in [-0.1, -0.05) is 6.92 Å². The van der Waals surface area contributed by atoms with E-state index in [2.05, 4.69) is 20.8 Å². The van der Waals surface area contributed by atoms with Crippen LogP contribution in [0.1, 0.15) is 17.3 Å². The minimum atomic E-state index is -3.64. The van der Waals surface area contributed by atoms with Gasteiger partial charge in [-0.05, 0) is 40.7 Å². The van der Waals surface area contributed by atoms with Crippen LogP contribution in [0, 0.1) is 0 Å². The monoisotopic (exact) mass is 376 g/mol. The van der Waals surface area contributed by atoms with Crippen LogP contribution in [0.15, 0.2) is 27.6 Å². The van der Waals surface area contributed by atoms with Gasteiger partial charge in [0.15, 0.2) is 0 Å². The minimum absolute atomic E-state index is 0.0213. The number of carbonyl (C=O) groups is 1. The number of carboxylic acids is 1. The quantitative estimate of drug-likeness (QED) is 0.860. The molecule has 1 aromatic carbocycles. The first-order valence-corrected chi connectivity index (χ1v) is 8.85.